The minimum atomic E-state index is -5.08. The molecule has 206 valence electrons. The van der Waals surface area contributed by atoms with Crippen LogP contribution in [-0.4, -0.2) is 54.8 Å². The van der Waals surface area contributed by atoms with Crippen LogP contribution in [0.4, 0.5) is 30.6 Å². The average molecular weight is 563 g/mol. The number of rotatable bonds is 6. The van der Waals surface area contributed by atoms with Gasteiger partial charge in [0.2, 0.25) is 16.0 Å². The quantitative estimate of drug-likeness (QED) is 0.406. The van der Waals surface area contributed by atoms with E-state index < -0.39 is 22.2 Å². The van der Waals surface area contributed by atoms with Crippen LogP contribution in [0.3, 0.4) is 0 Å². The molecule has 4 rings (SSSR count). The van der Waals surface area contributed by atoms with Crippen molar-refractivity contribution in [3.63, 3.8) is 0 Å². The van der Waals surface area contributed by atoms with Gasteiger partial charge in [0.25, 0.3) is 0 Å². The number of nitriles is 1. The number of aromatic nitrogens is 2. The van der Waals surface area contributed by atoms with Gasteiger partial charge in [-0.3, -0.25) is 0 Å². The van der Waals surface area contributed by atoms with Crippen LogP contribution in [0.25, 0.3) is 0 Å². The molecule has 0 saturated carbocycles. The monoisotopic (exact) mass is 562 g/mol. The molecule has 39 heavy (non-hydrogen) atoms. The van der Waals surface area contributed by atoms with E-state index in [9.17, 15) is 21.6 Å². The Bertz CT molecular complexity index is 1440. The zero-order valence-electron chi connectivity index (χ0n) is 20.7. The highest BCUT2D eigenvalue weighted by Crippen LogP contribution is 2.23. The van der Waals surface area contributed by atoms with Crippen molar-refractivity contribution in [2.24, 2.45) is 0 Å². The van der Waals surface area contributed by atoms with Gasteiger partial charge in [-0.15, -0.1) is 0 Å². The highest BCUT2D eigenvalue weighted by atomic mass is 32.2. The number of carboxylic acids is 1. The Morgan fingerprint density at radius 1 is 1.08 bits per heavy atom. The number of aliphatic carboxylic acids is 1. The first-order valence-corrected chi connectivity index (χ1v) is 13.1. The number of aryl methyl sites for hydroxylation is 1. The topological polar surface area (TPSA) is 148 Å². The van der Waals surface area contributed by atoms with Gasteiger partial charge in [-0.05, 0) is 50.1 Å². The van der Waals surface area contributed by atoms with Gasteiger partial charge in [0.15, 0.2) is 0 Å². The summed E-state index contributed by atoms with van der Waals surface area (Å²) in [5.41, 5.74) is 2.12. The van der Waals surface area contributed by atoms with Crippen LogP contribution in [0.2, 0.25) is 0 Å². The molecule has 1 aliphatic rings. The number of piperidine rings is 1. The number of hydrogen-bond acceptors (Lipinski definition) is 8. The number of carbonyl (C=O) groups is 1. The molecule has 1 saturated heterocycles. The van der Waals surface area contributed by atoms with E-state index in [0.717, 1.165) is 17.2 Å². The van der Waals surface area contributed by atoms with Gasteiger partial charge in [-0.25, -0.2) is 22.9 Å². The summed E-state index contributed by atoms with van der Waals surface area (Å²) < 4.78 is 59.7. The molecule has 0 unspecified atom stereocenters. The van der Waals surface area contributed by atoms with Crippen LogP contribution in [0, 0.1) is 18.3 Å². The van der Waals surface area contributed by atoms with Crippen molar-refractivity contribution in [1.82, 2.24) is 14.7 Å². The molecule has 0 amide bonds. The maximum absolute atomic E-state index is 12.6. The van der Waals surface area contributed by atoms with Gasteiger partial charge in [-0.2, -0.15) is 23.4 Å². The van der Waals surface area contributed by atoms with E-state index in [1.807, 2.05) is 19.1 Å². The summed E-state index contributed by atoms with van der Waals surface area (Å²) in [4.78, 5) is 20.4. The lowest BCUT2D eigenvalue weighted by Gasteiger charge is -2.33. The van der Waals surface area contributed by atoms with Gasteiger partial charge in [0, 0.05) is 36.6 Å². The Hall–Kier alpha value is -4.22. The second kappa shape index (κ2) is 12.5. The number of halogens is 3. The summed E-state index contributed by atoms with van der Waals surface area (Å²) in [7, 11) is -3.52. The Labute approximate surface area is 223 Å². The van der Waals surface area contributed by atoms with E-state index in [4.69, 9.17) is 15.2 Å². The van der Waals surface area contributed by atoms with Crippen LogP contribution in [0.1, 0.15) is 24.1 Å². The smallest absolute Gasteiger partial charge is 0.475 e. The van der Waals surface area contributed by atoms with Crippen molar-refractivity contribution in [3.8, 4) is 6.07 Å². The third kappa shape index (κ3) is 8.66. The lowest BCUT2D eigenvalue weighted by molar-refractivity contribution is -0.192. The third-order valence-corrected chi connectivity index (χ3v) is 7.06. The van der Waals surface area contributed by atoms with Crippen molar-refractivity contribution in [1.29, 1.82) is 5.26 Å². The standard InChI is InChI=1S/C23H24N6O2S.C2HF3O2/c1-17-14-22(27-23(25-17)26-20-7-5-6-18(15-20)16-24)29-12-10-19(11-13-29)28-32(30,31)21-8-3-2-4-9-21;3-2(4,5)1(6)7/h2-9,14-15,19,28H,10-13H2,1H3,(H,25,26,27);(H,6,7). The molecule has 2 aromatic carbocycles. The number of alkyl halides is 3. The molecule has 0 aliphatic carbocycles. The maximum atomic E-state index is 12.6. The normalized spacial score (nSPS) is 14.1. The second-order valence-electron chi connectivity index (χ2n) is 8.51. The van der Waals surface area contributed by atoms with E-state index >= 15 is 0 Å². The molecule has 0 bridgehead atoms. The fourth-order valence-electron chi connectivity index (χ4n) is 3.68. The van der Waals surface area contributed by atoms with Gasteiger partial charge in [0.1, 0.15) is 5.82 Å². The predicted molar refractivity (Wildman–Crippen MR) is 137 cm³/mol. The molecule has 14 heteroatoms. The molecule has 1 aromatic heterocycles. The number of anilines is 3. The summed E-state index contributed by atoms with van der Waals surface area (Å²) >= 11 is 0. The maximum Gasteiger partial charge on any atom is 0.490 e. The van der Waals surface area contributed by atoms with Crippen molar-refractivity contribution >= 4 is 33.4 Å². The Morgan fingerprint density at radius 3 is 2.31 bits per heavy atom. The van der Waals surface area contributed by atoms with Crippen molar-refractivity contribution in [2.45, 2.75) is 36.9 Å². The van der Waals surface area contributed by atoms with Crippen LogP contribution in [0.5, 0.6) is 0 Å². The molecule has 1 fully saturated rings. The fraction of sp³-hybridized carbons (Fsp3) is 0.280. The van der Waals surface area contributed by atoms with Crippen molar-refractivity contribution in [3.05, 3.63) is 71.9 Å². The molecule has 1 aliphatic heterocycles. The van der Waals surface area contributed by atoms with E-state index in [2.05, 4.69) is 31.0 Å². The first-order chi connectivity index (χ1) is 18.4. The number of hydrogen-bond donors (Lipinski definition) is 3. The van der Waals surface area contributed by atoms with Gasteiger partial charge < -0.3 is 15.3 Å². The summed E-state index contributed by atoms with van der Waals surface area (Å²) in [5.74, 6) is -1.50. The van der Waals surface area contributed by atoms with E-state index in [-0.39, 0.29) is 10.9 Å². The lowest BCUT2D eigenvalue weighted by Crippen LogP contribution is -2.44. The van der Waals surface area contributed by atoms with Gasteiger partial charge in [0.05, 0.1) is 16.5 Å². The van der Waals surface area contributed by atoms with E-state index in [0.29, 0.717) is 37.4 Å². The molecule has 3 aromatic rings. The summed E-state index contributed by atoms with van der Waals surface area (Å²) in [6.07, 6.45) is -3.72. The molecule has 10 nitrogen and oxygen atoms in total. The van der Waals surface area contributed by atoms with Crippen LogP contribution in [0.15, 0.2) is 65.6 Å². The zero-order chi connectivity index (χ0) is 28.6. The minimum Gasteiger partial charge on any atom is -0.475 e. The first-order valence-electron chi connectivity index (χ1n) is 11.6. The number of nitrogens with one attached hydrogen (secondary N) is 2. The molecule has 0 spiro atoms. The summed E-state index contributed by atoms with van der Waals surface area (Å²) in [6.45, 7) is 3.27. The molecule has 0 atom stereocenters. The van der Waals surface area contributed by atoms with Crippen LogP contribution in [-0.2, 0) is 14.8 Å². The third-order valence-electron chi connectivity index (χ3n) is 5.53. The van der Waals surface area contributed by atoms with E-state index in [1.165, 1.54) is 0 Å². The Balaban J connectivity index is 0.000000532. The van der Waals surface area contributed by atoms with Crippen molar-refractivity contribution < 1.29 is 31.5 Å². The Kier molecular flexibility index (Phi) is 9.44. The highest BCUT2D eigenvalue weighted by molar-refractivity contribution is 7.89. The number of benzene rings is 2. The van der Waals surface area contributed by atoms with E-state index in [1.54, 1.807) is 48.5 Å². The summed E-state index contributed by atoms with van der Waals surface area (Å²) in [5, 5.41) is 19.4. The fourth-order valence-corrected chi connectivity index (χ4v) is 5.01. The van der Waals surface area contributed by atoms with Crippen LogP contribution >= 0.6 is 0 Å². The SMILES string of the molecule is Cc1cc(N2CCC(NS(=O)(=O)c3ccccc3)CC2)nc(Nc2cccc(C#N)c2)n1.O=C(O)C(F)(F)F. The van der Waals surface area contributed by atoms with Gasteiger partial charge in [-0.1, -0.05) is 24.3 Å². The van der Waals surface area contributed by atoms with Crippen LogP contribution < -0.4 is 14.9 Å². The molecule has 2 heterocycles. The lowest BCUT2D eigenvalue weighted by atomic mass is 10.1. The minimum absolute atomic E-state index is 0.120. The molecular weight excluding hydrogens is 537 g/mol. The Morgan fingerprint density at radius 2 is 1.72 bits per heavy atom. The molecule has 3 N–H and O–H groups in total. The average Bonchev–Trinajstić information content (AvgIpc) is 2.89. The largest absolute Gasteiger partial charge is 0.490 e. The molecule has 0 radical (unpaired) electrons. The first kappa shape index (κ1) is 29.3. The predicted octanol–water partition coefficient (Wildman–Crippen LogP) is 3.98. The van der Waals surface area contributed by atoms with Crippen molar-refractivity contribution in [2.75, 3.05) is 23.3 Å². The van der Waals surface area contributed by atoms with Gasteiger partial charge >= 0.3 is 12.1 Å². The number of carboxylic acid groups (broad SMARTS) is 1. The summed E-state index contributed by atoms with van der Waals surface area (Å²) in [6, 6.07) is 19.5. The molecular formula is C25H25F3N6O4S. The zero-order valence-corrected chi connectivity index (χ0v) is 21.5. The second-order valence-corrected chi connectivity index (χ2v) is 10.2. The number of sulfonamides is 1. The number of nitrogens with zero attached hydrogens (tertiary/aromatic N) is 4. The highest BCUT2D eigenvalue weighted by Gasteiger charge is 2.38.